The Hall–Kier alpha value is -3.31. The lowest BCUT2D eigenvalue weighted by Crippen LogP contribution is -2.25. The monoisotopic (exact) mass is 422 g/mol. The van der Waals surface area contributed by atoms with Crippen LogP contribution in [0.1, 0.15) is 28.4 Å². The van der Waals surface area contributed by atoms with Crippen molar-refractivity contribution in [3.63, 3.8) is 0 Å². The molecule has 30 heavy (non-hydrogen) atoms. The van der Waals surface area contributed by atoms with Crippen molar-refractivity contribution in [2.45, 2.75) is 20.0 Å². The summed E-state index contributed by atoms with van der Waals surface area (Å²) in [7, 11) is 0. The third-order valence-corrected chi connectivity index (χ3v) is 4.60. The van der Waals surface area contributed by atoms with Crippen LogP contribution in [0.15, 0.2) is 72.8 Å². The molecule has 0 aliphatic rings. The standard InChI is InChI=1S/C24H23ClN2O3/c1-17(28)27-22-10-8-18(9-11-22)12-13-26-24(29)20-5-3-7-23(15-20)30-16-19-4-2-6-21(25)14-19/h2-11,14-15H,12-13,16H2,1H3,(H,26,29)(H,27,28). The van der Waals surface area contributed by atoms with E-state index in [2.05, 4.69) is 10.6 Å². The summed E-state index contributed by atoms with van der Waals surface area (Å²) in [6, 6.07) is 22.1. The Kier molecular flexibility index (Phi) is 7.46. The van der Waals surface area contributed by atoms with Crippen molar-refractivity contribution in [3.05, 3.63) is 94.5 Å². The second-order valence-electron chi connectivity index (χ2n) is 6.83. The first-order valence-electron chi connectivity index (χ1n) is 9.61. The van der Waals surface area contributed by atoms with E-state index in [1.807, 2.05) is 54.6 Å². The number of anilines is 1. The molecule has 5 nitrogen and oxygen atoms in total. The van der Waals surface area contributed by atoms with Gasteiger partial charge in [-0.05, 0) is 60.0 Å². The van der Waals surface area contributed by atoms with E-state index in [1.165, 1.54) is 6.92 Å². The van der Waals surface area contributed by atoms with Crippen LogP contribution in [0.3, 0.4) is 0 Å². The zero-order valence-electron chi connectivity index (χ0n) is 16.7. The molecule has 0 bridgehead atoms. The van der Waals surface area contributed by atoms with Gasteiger partial charge in [0.05, 0.1) is 0 Å². The van der Waals surface area contributed by atoms with E-state index in [9.17, 15) is 9.59 Å². The molecule has 6 heteroatoms. The van der Waals surface area contributed by atoms with Crippen molar-refractivity contribution < 1.29 is 14.3 Å². The number of hydrogen-bond acceptors (Lipinski definition) is 3. The number of hydrogen-bond donors (Lipinski definition) is 2. The average Bonchev–Trinajstić information content (AvgIpc) is 2.73. The van der Waals surface area contributed by atoms with E-state index in [0.29, 0.717) is 35.9 Å². The summed E-state index contributed by atoms with van der Waals surface area (Å²) in [4.78, 5) is 23.5. The molecule has 0 fully saturated rings. The Labute approximate surface area is 181 Å². The molecule has 0 radical (unpaired) electrons. The average molecular weight is 423 g/mol. The minimum atomic E-state index is -0.155. The molecule has 3 aromatic rings. The molecule has 0 aromatic heterocycles. The Bertz CT molecular complexity index is 1020. The number of nitrogens with one attached hydrogen (secondary N) is 2. The number of amides is 2. The fraction of sp³-hybridized carbons (Fsp3) is 0.167. The Morgan fingerprint density at radius 3 is 2.43 bits per heavy atom. The fourth-order valence-corrected chi connectivity index (χ4v) is 3.11. The van der Waals surface area contributed by atoms with Crippen LogP contribution >= 0.6 is 11.6 Å². The van der Waals surface area contributed by atoms with Gasteiger partial charge in [0.1, 0.15) is 12.4 Å². The van der Waals surface area contributed by atoms with E-state index in [1.54, 1.807) is 18.2 Å². The highest BCUT2D eigenvalue weighted by atomic mass is 35.5. The van der Waals surface area contributed by atoms with Gasteiger partial charge in [0.15, 0.2) is 0 Å². The molecule has 2 N–H and O–H groups in total. The van der Waals surface area contributed by atoms with Crippen molar-refractivity contribution in [2.75, 3.05) is 11.9 Å². The first-order chi connectivity index (χ1) is 14.5. The third kappa shape index (κ3) is 6.64. The highest BCUT2D eigenvalue weighted by Crippen LogP contribution is 2.17. The lowest BCUT2D eigenvalue weighted by Gasteiger charge is -2.09. The molecule has 3 aromatic carbocycles. The Balaban J connectivity index is 1.49. The predicted octanol–water partition coefficient (Wildman–Crippen LogP) is 4.85. The SMILES string of the molecule is CC(=O)Nc1ccc(CCNC(=O)c2cccc(OCc3cccc(Cl)c3)c2)cc1. The molecule has 3 rings (SSSR count). The molecule has 0 unspecified atom stereocenters. The van der Waals surface area contributed by atoms with Gasteiger partial charge in [-0.2, -0.15) is 0 Å². The zero-order chi connectivity index (χ0) is 21.3. The normalized spacial score (nSPS) is 10.3. The minimum absolute atomic E-state index is 0.103. The van der Waals surface area contributed by atoms with Crippen molar-refractivity contribution in [2.24, 2.45) is 0 Å². The summed E-state index contributed by atoms with van der Waals surface area (Å²) in [5, 5.41) is 6.31. The maximum Gasteiger partial charge on any atom is 0.251 e. The number of rotatable bonds is 8. The molecule has 0 saturated heterocycles. The van der Waals surface area contributed by atoms with Gasteiger partial charge in [0.25, 0.3) is 5.91 Å². The number of benzene rings is 3. The maximum absolute atomic E-state index is 12.4. The number of halogens is 1. The Morgan fingerprint density at radius 1 is 0.933 bits per heavy atom. The van der Waals surface area contributed by atoms with Gasteiger partial charge in [-0.1, -0.05) is 41.9 Å². The van der Waals surface area contributed by atoms with E-state index < -0.39 is 0 Å². The molecule has 0 heterocycles. The van der Waals surface area contributed by atoms with Crippen molar-refractivity contribution >= 4 is 29.1 Å². The number of carbonyl (C=O) groups excluding carboxylic acids is 2. The fourth-order valence-electron chi connectivity index (χ4n) is 2.90. The summed E-state index contributed by atoms with van der Waals surface area (Å²) in [5.41, 5.74) is 3.33. The van der Waals surface area contributed by atoms with Gasteiger partial charge in [0.2, 0.25) is 5.91 Å². The van der Waals surface area contributed by atoms with Crippen LogP contribution in [0.4, 0.5) is 5.69 Å². The van der Waals surface area contributed by atoms with Gasteiger partial charge in [-0.15, -0.1) is 0 Å². The molecular weight excluding hydrogens is 400 g/mol. The van der Waals surface area contributed by atoms with Gasteiger partial charge in [-0.3, -0.25) is 9.59 Å². The van der Waals surface area contributed by atoms with Crippen molar-refractivity contribution in [1.82, 2.24) is 5.32 Å². The molecule has 154 valence electrons. The van der Waals surface area contributed by atoms with Crippen molar-refractivity contribution in [1.29, 1.82) is 0 Å². The second kappa shape index (κ2) is 10.5. The predicted molar refractivity (Wildman–Crippen MR) is 119 cm³/mol. The van der Waals surface area contributed by atoms with Gasteiger partial charge in [-0.25, -0.2) is 0 Å². The van der Waals surface area contributed by atoms with Crippen LogP contribution in [0.2, 0.25) is 5.02 Å². The summed E-state index contributed by atoms with van der Waals surface area (Å²) in [6.07, 6.45) is 0.692. The molecule has 0 saturated carbocycles. The quantitative estimate of drug-likeness (QED) is 0.545. The van der Waals surface area contributed by atoms with E-state index >= 15 is 0 Å². The van der Waals surface area contributed by atoms with E-state index in [0.717, 1.165) is 16.8 Å². The minimum Gasteiger partial charge on any atom is -0.489 e. The summed E-state index contributed by atoms with van der Waals surface area (Å²) in [5.74, 6) is 0.364. The molecule has 0 spiro atoms. The van der Waals surface area contributed by atoms with Crippen LogP contribution in [-0.2, 0) is 17.8 Å². The highest BCUT2D eigenvalue weighted by molar-refractivity contribution is 6.30. The van der Waals surface area contributed by atoms with E-state index in [-0.39, 0.29) is 11.8 Å². The molecule has 2 amide bonds. The highest BCUT2D eigenvalue weighted by Gasteiger charge is 2.07. The summed E-state index contributed by atoms with van der Waals surface area (Å²) in [6.45, 7) is 2.35. The molecular formula is C24H23ClN2O3. The summed E-state index contributed by atoms with van der Waals surface area (Å²) >= 11 is 5.99. The third-order valence-electron chi connectivity index (χ3n) is 4.36. The largest absolute Gasteiger partial charge is 0.489 e. The lowest BCUT2D eigenvalue weighted by molar-refractivity contribution is -0.114. The smallest absolute Gasteiger partial charge is 0.251 e. The topological polar surface area (TPSA) is 67.4 Å². The zero-order valence-corrected chi connectivity index (χ0v) is 17.4. The van der Waals surface area contributed by atoms with Gasteiger partial charge >= 0.3 is 0 Å². The van der Waals surface area contributed by atoms with Crippen LogP contribution in [0.25, 0.3) is 0 Å². The summed E-state index contributed by atoms with van der Waals surface area (Å²) < 4.78 is 5.78. The molecule has 0 atom stereocenters. The van der Waals surface area contributed by atoms with Gasteiger partial charge in [0, 0.05) is 29.7 Å². The van der Waals surface area contributed by atoms with Crippen LogP contribution in [0.5, 0.6) is 5.75 Å². The van der Waals surface area contributed by atoms with Crippen molar-refractivity contribution in [3.8, 4) is 5.75 Å². The second-order valence-corrected chi connectivity index (χ2v) is 7.27. The first-order valence-corrected chi connectivity index (χ1v) is 9.99. The van der Waals surface area contributed by atoms with Crippen LogP contribution < -0.4 is 15.4 Å². The maximum atomic E-state index is 12.4. The van der Waals surface area contributed by atoms with E-state index in [4.69, 9.17) is 16.3 Å². The molecule has 0 aliphatic heterocycles. The molecule has 0 aliphatic carbocycles. The van der Waals surface area contributed by atoms with Gasteiger partial charge < -0.3 is 15.4 Å². The van der Waals surface area contributed by atoms with Crippen LogP contribution in [-0.4, -0.2) is 18.4 Å². The Morgan fingerprint density at radius 2 is 1.70 bits per heavy atom. The number of carbonyl (C=O) groups is 2. The first kappa shape index (κ1) is 21.4. The van der Waals surface area contributed by atoms with Crippen LogP contribution in [0, 0.1) is 0 Å². The lowest BCUT2D eigenvalue weighted by atomic mass is 10.1. The number of ether oxygens (including phenoxy) is 1.